The van der Waals surface area contributed by atoms with Crippen molar-refractivity contribution in [3.05, 3.63) is 5.89 Å². The zero-order valence-electron chi connectivity index (χ0n) is 11.1. The summed E-state index contributed by atoms with van der Waals surface area (Å²) >= 11 is 0. The monoisotopic (exact) mass is 250 g/mol. The summed E-state index contributed by atoms with van der Waals surface area (Å²) in [5.74, 6) is 0.716. The standard InChI is InChI=1S/C13H22N4O/c1-2-17(11-5-3-4-6-11)13-16-15-12(18-13)9-14-10-7-8-10/h10-11,14H,2-9H2,1H3. The van der Waals surface area contributed by atoms with Crippen LogP contribution in [0, 0.1) is 0 Å². The third-order valence-electron chi connectivity index (χ3n) is 3.93. The minimum atomic E-state index is 0.597. The van der Waals surface area contributed by atoms with E-state index in [1.165, 1.54) is 38.5 Å². The van der Waals surface area contributed by atoms with Crippen LogP contribution in [0.2, 0.25) is 0 Å². The van der Waals surface area contributed by atoms with E-state index >= 15 is 0 Å². The van der Waals surface area contributed by atoms with Gasteiger partial charge in [0.15, 0.2) is 0 Å². The summed E-state index contributed by atoms with van der Waals surface area (Å²) in [4.78, 5) is 2.26. The van der Waals surface area contributed by atoms with Gasteiger partial charge >= 0.3 is 6.01 Å². The summed E-state index contributed by atoms with van der Waals surface area (Å²) < 4.78 is 5.77. The van der Waals surface area contributed by atoms with Crippen LogP contribution in [-0.4, -0.2) is 28.8 Å². The highest BCUT2D eigenvalue weighted by Crippen LogP contribution is 2.27. The van der Waals surface area contributed by atoms with Crippen molar-refractivity contribution in [2.24, 2.45) is 0 Å². The van der Waals surface area contributed by atoms with Gasteiger partial charge in [0.05, 0.1) is 6.54 Å². The molecule has 1 aromatic rings. The summed E-state index contributed by atoms with van der Waals surface area (Å²) in [6.07, 6.45) is 7.73. The van der Waals surface area contributed by atoms with Crippen molar-refractivity contribution < 1.29 is 4.42 Å². The number of rotatable bonds is 6. The third-order valence-corrected chi connectivity index (χ3v) is 3.93. The molecule has 1 aromatic heterocycles. The predicted molar refractivity (Wildman–Crippen MR) is 69.4 cm³/mol. The van der Waals surface area contributed by atoms with Gasteiger partial charge in [-0.3, -0.25) is 0 Å². The van der Waals surface area contributed by atoms with Crippen LogP contribution in [0.1, 0.15) is 51.3 Å². The maximum Gasteiger partial charge on any atom is 0.318 e. The molecular formula is C13H22N4O. The molecule has 0 radical (unpaired) electrons. The fourth-order valence-electron chi connectivity index (χ4n) is 2.72. The van der Waals surface area contributed by atoms with Crippen LogP contribution in [0.5, 0.6) is 0 Å². The molecule has 18 heavy (non-hydrogen) atoms. The summed E-state index contributed by atoms with van der Waals surface area (Å²) in [6, 6.07) is 1.98. The SMILES string of the molecule is CCN(c1nnc(CNC2CC2)o1)C1CCCC1. The number of nitrogens with one attached hydrogen (secondary N) is 1. The summed E-state index contributed by atoms with van der Waals surface area (Å²) in [5.41, 5.74) is 0. The van der Waals surface area contributed by atoms with Gasteiger partial charge in [-0.25, -0.2) is 0 Å². The molecule has 0 atom stereocenters. The molecule has 1 N–H and O–H groups in total. The normalized spacial score (nSPS) is 20.5. The topological polar surface area (TPSA) is 54.2 Å². The quantitative estimate of drug-likeness (QED) is 0.838. The van der Waals surface area contributed by atoms with Crippen LogP contribution in [0.25, 0.3) is 0 Å². The Morgan fingerprint density at radius 3 is 2.67 bits per heavy atom. The molecule has 2 fully saturated rings. The zero-order valence-corrected chi connectivity index (χ0v) is 11.1. The molecule has 0 aromatic carbocycles. The highest BCUT2D eigenvalue weighted by atomic mass is 16.4. The molecule has 100 valence electrons. The van der Waals surface area contributed by atoms with Crippen molar-refractivity contribution in [3.8, 4) is 0 Å². The zero-order chi connectivity index (χ0) is 12.4. The van der Waals surface area contributed by atoms with E-state index in [1.54, 1.807) is 0 Å². The third kappa shape index (κ3) is 2.66. The molecule has 0 saturated heterocycles. The van der Waals surface area contributed by atoms with Crippen molar-refractivity contribution >= 4 is 6.01 Å². The molecule has 2 saturated carbocycles. The molecule has 5 nitrogen and oxygen atoms in total. The van der Waals surface area contributed by atoms with Crippen molar-refractivity contribution in [1.82, 2.24) is 15.5 Å². The number of hydrogen-bond donors (Lipinski definition) is 1. The number of hydrogen-bond acceptors (Lipinski definition) is 5. The first-order valence-electron chi connectivity index (χ1n) is 7.19. The Labute approximate surface area is 108 Å². The number of nitrogens with zero attached hydrogens (tertiary/aromatic N) is 3. The van der Waals surface area contributed by atoms with Gasteiger partial charge in [-0.15, -0.1) is 5.10 Å². The Morgan fingerprint density at radius 1 is 1.22 bits per heavy atom. The van der Waals surface area contributed by atoms with E-state index in [0.29, 0.717) is 30.5 Å². The molecule has 2 aliphatic rings. The van der Waals surface area contributed by atoms with Gasteiger partial charge in [0, 0.05) is 18.6 Å². The van der Waals surface area contributed by atoms with Gasteiger partial charge in [-0.05, 0) is 32.6 Å². The first-order chi connectivity index (χ1) is 8.86. The second kappa shape index (κ2) is 5.26. The lowest BCUT2D eigenvalue weighted by Crippen LogP contribution is -2.33. The molecule has 0 aliphatic heterocycles. The van der Waals surface area contributed by atoms with Gasteiger partial charge in [0.25, 0.3) is 0 Å². The van der Waals surface area contributed by atoms with Gasteiger partial charge < -0.3 is 14.6 Å². The molecule has 1 heterocycles. The second-order valence-electron chi connectivity index (χ2n) is 5.36. The molecule has 0 unspecified atom stereocenters. The fourth-order valence-corrected chi connectivity index (χ4v) is 2.72. The van der Waals surface area contributed by atoms with E-state index in [0.717, 1.165) is 6.54 Å². The largest absolute Gasteiger partial charge is 0.407 e. The molecule has 0 spiro atoms. The van der Waals surface area contributed by atoms with E-state index in [1.807, 2.05) is 0 Å². The Hall–Kier alpha value is -1.10. The highest BCUT2D eigenvalue weighted by molar-refractivity contribution is 5.26. The molecule has 0 bridgehead atoms. The van der Waals surface area contributed by atoms with Crippen LogP contribution in [0.3, 0.4) is 0 Å². The first kappa shape index (κ1) is 12.0. The van der Waals surface area contributed by atoms with Gasteiger partial charge in [0.1, 0.15) is 0 Å². The van der Waals surface area contributed by atoms with Crippen LogP contribution >= 0.6 is 0 Å². The minimum Gasteiger partial charge on any atom is -0.407 e. The van der Waals surface area contributed by atoms with Gasteiger partial charge in [0.2, 0.25) is 5.89 Å². The second-order valence-corrected chi connectivity index (χ2v) is 5.36. The first-order valence-corrected chi connectivity index (χ1v) is 7.19. The smallest absolute Gasteiger partial charge is 0.318 e. The minimum absolute atomic E-state index is 0.597. The Balaban J connectivity index is 1.61. The van der Waals surface area contributed by atoms with Gasteiger partial charge in [-0.2, -0.15) is 0 Å². The Bertz CT molecular complexity index is 382. The molecule has 0 amide bonds. The number of aromatic nitrogens is 2. The Morgan fingerprint density at radius 2 is 2.00 bits per heavy atom. The van der Waals surface area contributed by atoms with E-state index in [-0.39, 0.29) is 0 Å². The lowest BCUT2D eigenvalue weighted by Gasteiger charge is -2.24. The predicted octanol–water partition coefficient (Wildman–Crippen LogP) is 2.09. The Kier molecular flexibility index (Phi) is 3.50. The van der Waals surface area contributed by atoms with E-state index in [2.05, 4.69) is 27.3 Å². The maximum atomic E-state index is 5.77. The summed E-state index contributed by atoms with van der Waals surface area (Å²) in [7, 11) is 0. The lowest BCUT2D eigenvalue weighted by atomic mass is 10.2. The molecular weight excluding hydrogens is 228 g/mol. The average Bonchev–Trinajstić information content (AvgIpc) is 2.89. The van der Waals surface area contributed by atoms with E-state index < -0.39 is 0 Å². The number of anilines is 1. The fraction of sp³-hybridized carbons (Fsp3) is 0.846. The lowest BCUT2D eigenvalue weighted by molar-refractivity contribution is 0.445. The molecule has 2 aliphatic carbocycles. The van der Waals surface area contributed by atoms with Gasteiger partial charge in [-0.1, -0.05) is 17.9 Å². The van der Waals surface area contributed by atoms with Crippen LogP contribution in [-0.2, 0) is 6.54 Å². The van der Waals surface area contributed by atoms with Crippen LogP contribution in [0.15, 0.2) is 4.42 Å². The van der Waals surface area contributed by atoms with E-state index in [4.69, 9.17) is 4.42 Å². The van der Waals surface area contributed by atoms with Crippen molar-refractivity contribution in [3.63, 3.8) is 0 Å². The van der Waals surface area contributed by atoms with Crippen molar-refractivity contribution in [2.75, 3.05) is 11.4 Å². The maximum absolute atomic E-state index is 5.77. The highest BCUT2D eigenvalue weighted by Gasteiger charge is 2.26. The van der Waals surface area contributed by atoms with E-state index in [9.17, 15) is 0 Å². The van der Waals surface area contributed by atoms with Crippen molar-refractivity contribution in [1.29, 1.82) is 0 Å². The van der Waals surface area contributed by atoms with Crippen molar-refractivity contribution in [2.45, 2.75) is 64.1 Å². The average molecular weight is 250 g/mol. The van der Waals surface area contributed by atoms with Crippen LogP contribution in [0.4, 0.5) is 6.01 Å². The van der Waals surface area contributed by atoms with Crippen LogP contribution < -0.4 is 10.2 Å². The summed E-state index contributed by atoms with van der Waals surface area (Å²) in [6.45, 7) is 3.81. The molecule has 5 heteroatoms. The molecule has 3 rings (SSSR count). The summed E-state index contributed by atoms with van der Waals surface area (Å²) in [5, 5.41) is 11.7.